The predicted molar refractivity (Wildman–Crippen MR) is 101 cm³/mol. The Bertz CT molecular complexity index is 640. The molecule has 1 atom stereocenters. The second kappa shape index (κ2) is 6.78. The number of nitrogens with zero attached hydrogens (tertiary/aromatic N) is 3. The van der Waals surface area contributed by atoms with Crippen LogP contribution in [0.2, 0.25) is 5.02 Å². The number of benzene rings is 1. The lowest BCUT2D eigenvalue weighted by atomic mass is 10.0. The molecule has 5 nitrogen and oxygen atoms in total. The van der Waals surface area contributed by atoms with Gasteiger partial charge in [-0.05, 0) is 43.9 Å². The first-order valence-corrected chi connectivity index (χ1v) is 9.76. The van der Waals surface area contributed by atoms with Gasteiger partial charge in [0.25, 0.3) is 0 Å². The zero-order valence-electron chi connectivity index (χ0n) is 14.7. The van der Waals surface area contributed by atoms with Gasteiger partial charge in [0.2, 0.25) is 5.91 Å². The van der Waals surface area contributed by atoms with E-state index in [1.54, 1.807) is 0 Å². The van der Waals surface area contributed by atoms with Gasteiger partial charge in [0.05, 0.1) is 5.54 Å². The first-order valence-electron chi connectivity index (χ1n) is 9.38. The molecule has 1 amide bonds. The highest BCUT2D eigenvalue weighted by molar-refractivity contribution is 6.30. The fourth-order valence-electron chi connectivity index (χ4n) is 4.12. The molecule has 3 fully saturated rings. The van der Waals surface area contributed by atoms with Crippen molar-refractivity contribution in [2.45, 2.75) is 37.3 Å². The van der Waals surface area contributed by atoms with Gasteiger partial charge in [0, 0.05) is 56.0 Å². The van der Waals surface area contributed by atoms with Crippen molar-refractivity contribution in [1.82, 2.24) is 9.80 Å². The molecule has 4 rings (SSSR count). The minimum atomic E-state index is -0.535. The van der Waals surface area contributed by atoms with Crippen molar-refractivity contribution in [2.75, 3.05) is 44.2 Å². The van der Waals surface area contributed by atoms with E-state index in [-0.39, 0.29) is 5.91 Å². The summed E-state index contributed by atoms with van der Waals surface area (Å²) in [5.74, 6) is 0.176. The van der Waals surface area contributed by atoms with E-state index in [1.807, 2.05) is 23.1 Å². The summed E-state index contributed by atoms with van der Waals surface area (Å²) >= 11 is 6.12. The average Bonchev–Trinajstić information content (AvgIpc) is 3.40. The Morgan fingerprint density at radius 2 is 1.92 bits per heavy atom. The van der Waals surface area contributed by atoms with Gasteiger partial charge in [0.15, 0.2) is 0 Å². The van der Waals surface area contributed by atoms with Crippen molar-refractivity contribution in [1.29, 1.82) is 0 Å². The van der Waals surface area contributed by atoms with E-state index in [0.29, 0.717) is 6.04 Å². The van der Waals surface area contributed by atoms with Crippen LogP contribution >= 0.6 is 11.6 Å². The van der Waals surface area contributed by atoms with Crippen molar-refractivity contribution in [3.05, 3.63) is 29.3 Å². The number of carbonyl (C=O) groups excluding carboxylic acids is 1. The summed E-state index contributed by atoms with van der Waals surface area (Å²) in [5.41, 5.74) is 6.78. The van der Waals surface area contributed by atoms with Gasteiger partial charge in [-0.1, -0.05) is 17.7 Å². The molecule has 2 N–H and O–H groups in total. The van der Waals surface area contributed by atoms with E-state index in [0.717, 1.165) is 63.6 Å². The van der Waals surface area contributed by atoms with Crippen molar-refractivity contribution < 1.29 is 4.79 Å². The monoisotopic (exact) mass is 362 g/mol. The van der Waals surface area contributed by atoms with E-state index in [4.69, 9.17) is 17.3 Å². The van der Waals surface area contributed by atoms with Crippen LogP contribution in [-0.2, 0) is 4.79 Å². The zero-order chi connectivity index (χ0) is 17.4. The van der Waals surface area contributed by atoms with E-state index in [9.17, 15) is 4.79 Å². The Hall–Kier alpha value is -1.30. The molecule has 136 valence electrons. The summed E-state index contributed by atoms with van der Waals surface area (Å²) in [6.45, 7) is 5.79. The second-order valence-electron chi connectivity index (χ2n) is 7.71. The Morgan fingerprint density at radius 1 is 1.16 bits per heavy atom. The number of piperidine rings is 1. The third kappa shape index (κ3) is 3.64. The predicted octanol–water partition coefficient (Wildman–Crippen LogP) is 1.94. The van der Waals surface area contributed by atoms with Gasteiger partial charge < -0.3 is 15.5 Å². The summed E-state index contributed by atoms with van der Waals surface area (Å²) in [4.78, 5) is 19.5. The van der Waals surface area contributed by atoms with Crippen molar-refractivity contribution in [3.8, 4) is 0 Å². The smallest absolute Gasteiger partial charge is 0.242 e. The quantitative estimate of drug-likeness (QED) is 0.892. The van der Waals surface area contributed by atoms with Crippen LogP contribution in [0, 0.1) is 0 Å². The van der Waals surface area contributed by atoms with Gasteiger partial charge >= 0.3 is 0 Å². The number of piperazine rings is 1. The molecule has 0 radical (unpaired) electrons. The molecular weight excluding hydrogens is 336 g/mol. The number of likely N-dealkylation sites (tertiary alicyclic amines) is 1. The molecule has 1 aromatic carbocycles. The van der Waals surface area contributed by atoms with E-state index in [2.05, 4.69) is 15.9 Å². The van der Waals surface area contributed by atoms with Crippen LogP contribution in [0.25, 0.3) is 0 Å². The number of hydrogen-bond donors (Lipinski definition) is 1. The fourth-order valence-corrected chi connectivity index (χ4v) is 4.30. The lowest BCUT2D eigenvalue weighted by molar-refractivity contribution is -0.135. The number of anilines is 1. The Labute approximate surface area is 154 Å². The second-order valence-corrected chi connectivity index (χ2v) is 8.14. The van der Waals surface area contributed by atoms with Crippen LogP contribution in [-0.4, -0.2) is 66.6 Å². The number of halogens is 1. The van der Waals surface area contributed by atoms with Crippen LogP contribution in [0.1, 0.15) is 25.7 Å². The molecular formula is C19H27ClN4O. The molecule has 0 bridgehead atoms. The number of amides is 1. The first-order chi connectivity index (χ1) is 12.0. The van der Waals surface area contributed by atoms with Gasteiger partial charge in [0.1, 0.15) is 0 Å². The third-order valence-corrected chi connectivity index (χ3v) is 6.14. The Balaban J connectivity index is 1.33. The standard InChI is InChI=1S/C19H27ClN4O/c20-15-3-1-4-16(13-15)22-9-11-23(12-10-22)17-5-2-8-24(14-17)18(25)19(21)6-7-19/h1,3-4,13,17H,2,5-12,14,21H2/t17-/m0/s1. The van der Waals surface area contributed by atoms with Crippen molar-refractivity contribution in [2.24, 2.45) is 5.73 Å². The van der Waals surface area contributed by atoms with Gasteiger partial charge in [-0.3, -0.25) is 9.69 Å². The molecule has 2 aliphatic heterocycles. The highest BCUT2D eigenvalue weighted by Crippen LogP contribution is 2.35. The maximum atomic E-state index is 12.5. The maximum absolute atomic E-state index is 12.5. The van der Waals surface area contributed by atoms with Crippen molar-refractivity contribution >= 4 is 23.2 Å². The molecule has 0 aromatic heterocycles. The first kappa shape index (κ1) is 17.1. The van der Waals surface area contributed by atoms with E-state index in [1.165, 1.54) is 12.1 Å². The normalized spacial score (nSPS) is 26.6. The highest BCUT2D eigenvalue weighted by Gasteiger charge is 2.49. The molecule has 6 heteroatoms. The molecule has 3 aliphatic rings. The summed E-state index contributed by atoms with van der Waals surface area (Å²) in [5, 5.41) is 0.789. The third-order valence-electron chi connectivity index (χ3n) is 5.90. The van der Waals surface area contributed by atoms with Crippen LogP contribution in [0.4, 0.5) is 5.69 Å². The van der Waals surface area contributed by atoms with E-state index >= 15 is 0 Å². The van der Waals surface area contributed by atoms with Gasteiger partial charge in [-0.2, -0.15) is 0 Å². The SMILES string of the molecule is NC1(C(=O)N2CCC[C@H](N3CCN(c4cccc(Cl)c4)CC3)C2)CC1. The summed E-state index contributed by atoms with van der Waals surface area (Å²) in [7, 11) is 0. The van der Waals surface area contributed by atoms with Crippen LogP contribution < -0.4 is 10.6 Å². The van der Waals surface area contributed by atoms with Crippen LogP contribution in [0.15, 0.2) is 24.3 Å². The largest absolute Gasteiger partial charge is 0.369 e. The molecule has 1 aromatic rings. The molecule has 0 unspecified atom stereocenters. The van der Waals surface area contributed by atoms with Gasteiger partial charge in [-0.25, -0.2) is 0 Å². The number of hydrogen-bond acceptors (Lipinski definition) is 4. The van der Waals surface area contributed by atoms with Crippen molar-refractivity contribution in [3.63, 3.8) is 0 Å². The van der Waals surface area contributed by atoms with Crippen LogP contribution in [0.3, 0.4) is 0 Å². The summed E-state index contributed by atoms with van der Waals surface area (Å²) < 4.78 is 0. The minimum absolute atomic E-state index is 0.176. The minimum Gasteiger partial charge on any atom is -0.369 e. The Kier molecular flexibility index (Phi) is 4.65. The topological polar surface area (TPSA) is 52.8 Å². The summed E-state index contributed by atoms with van der Waals surface area (Å²) in [6, 6.07) is 8.56. The lowest BCUT2D eigenvalue weighted by Crippen LogP contribution is -2.58. The lowest BCUT2D eigenvalue weighted by Gasteiger charge is -2.44. The average molecular weight is 363 g/mol. The van der Waals surface area contributed by atoms with E-state index < -0.39 is 5.54 Å². The van der Waals surface area contributed by atoms with Crippen LogP contribution in [0.5, 0.6) is 0 Å². The summed E-state index contributed by atoms with van der Waals surface area (Å²) in [6.07, 6.45) is 3.97. The molecule has 0 spiro atoms. The zero-order valence-corrected chi connectivity index (χ0v) is 15.4. The van der Waals surface area contributed by atoms with Gasteiger partial charge in [-0.15, -0.1) is 0 Å². The number of carbonyl (C=O) groups is 1. The molecule has 25 heavy (non-hydrogen) atoms. The molecule has 1 aliphatic carbocycles. The number of nitrogens with two attached hydrogens (primary N) is 1. The Morgan fingerprint density at radius 3 is 2.60 bits per heavy atom. The molecule has 2 saturated heterocycles. The highest BCUT2D eigenvalue weighted by atomic mass is 35.5. The molecule has 1 saturated carbocycles. The fraction of sp³-hybridized carbons (Fsp3) is 0.632. The molecule has 2 heterocycles. The maximum Gasteiger partial charge on any atom is 0.242 e. The number of rotatable bonds is 3.